The minimum atomic E-state index is -0.820. The average Bonchev–Trinajstić information content (AvgIpc) is 2.58. The highest BCUT2D eigenvalue weighted by molar-refractivity contribution is 5.77. The predicted molar refractivity (Wildman–Crippen MR) is 94.6 cm³/mol. The maximum Gasteiger partial charge on any atom is 0.303 e. The Hall–Kier alpha value is -2.12. The fourth-order valence-corrected chi connectivity index (χ4v) is 2.00. The lowest BCUT2D eigenvalue weighted by Gasteiger charge is -2.14. The van der Waals surface area contributed by atoms with Gasteiger partial charge in [-0.3, -0.25) is 9.59 Å². The molecule has 0 aromatic heterocycles. The monoisotopic (exact) mass is 352 g/mol. The molecular weight excluding hydrogens is 324 g/mol. The Morgan fingerprint density at radius 1 is 1.16 bits per heavy atom. The van der Waals surface area contributed by atoms with Crippen LogP contribution in [0, 0.1) is 5.92 Å². The molecule has 1 aromatic rings. The van der Waals surface area contributed by atoms with Crippen LogP contribution in [0.25, 0.3) is 0 Å². The number of nitrogens with one attached hydrogen (secondary N) is 2. The number of aliphatic carboxylic acids is 1. The highest BCUT2D eigenvalue weighted by Gasteiger charge is 2.07. The summed E-state index contributed by atoms with van der Waals surface area (Å²) in [4.78, 5) is 21.9. The number of hydrogen-bond acceptors (Lipinski definition) is 5. The third kappa shape index (κ3) is 9.69. The minimum absolute atomic E-state index is 0.0116. The van der Waals surface area contributed by atoms with E-state index < -0.39 is 12.1 Å². The summed E-state index contributed by atoms with van der Waals surface area (Å²) in [6, 6.07) is 7.16. The van der Waals surface area contributed by atoms with E-state index in [1.54, 1.807) is 12.1 Å². The molecule has 25 heavy (non-hydrogen) atoms. The molecule has 1 amide bonds. The third-order valence-corrected chi connectivity index (χ3v) is 3.50. The smallest absolute Gasteiger partial charge is 0.303 e. The molecule has 1 aromatic carbocycles. The molecule has 0 fully saturated rings. The molecule has 7 nitrogen and oxygen atoms in total. The van der Waals surface area contributed by atoms with Crippen molar-refractivity contribution in [3.8, 4) is 5.75 Å². The van der Waals surface area contributed by atoms with E-state index >= 15 is 0 Å². The zero-order valence-electron chi connectivity index (χ0n) is 14.8. The molecule has 4 N–H and O–H groups in total. The number of ether oxygens (including phenoxy) is 1. The minimum Gasteiger partial charge on any atom is -0.491 e. The Balaban J connectivity index is 2.16. The summed E-state index contributed by atoms with van der Waals surface area (Å²) in [7, 11) is 0. The predicted octanol–water partition coefficient (Wildman–Crippen LogP) is 0.805. The molecule has 0 radical (unpaired) electrons. The zero-order chi connectivity index (χ0) is 18.7. The molecule has 0 heterocycles. The van der Waals surface area contributed by atoms with Crippen molar-refractivity contribution in [2.45, 2.75) is 32.8 Å². The summed E-state index contributed by atoms with van der Waals surface area (Å²) in [5.41, 5.74) is 0.931. The Bertz CT molecular complexity index is 531. The lowest BCUT2D eigenvalue weighted by Crippen LogP contribution is -2.38. The van der Waals surface area contributed by atoms with Gasteiger partial charge in [0.15, 0.2) is 0 Å². The second kappa shape index (κ2) is 11.4. The number of carboxylic acids is 1. The van der Waals surface area contributed by atoms with Crippen LogP contribution >= 0.6 is 0 Å². The molecule has 7 heteroatoms. The Morgan fingerprint density at radius 2 is 1.84 bits per heavy atom. The summed E-state index contributed by atoms with van der Waals surface area (Å²) in [6.45, 7) is 5.29. The fraction of sp³-hybridized carbons (Fsp3) is 0.556. The van der Waals surface area contributed by atoms with Crippen LogP contribution in [-0.2, 0) is 16.0 Å². The van der Waals surface area contributed by atoms with Gasteiger partial charge in [-0.2, -0.15) is 0 Å². The molecule has 0 saturated heterocycles. The molecule has 0 aliphatic heterocycles. The first kappa shape index (κ1) is 20.9. The number of aryl methyl sites for hydroxylation is 1. The van der Waals surface area contributed by atoms with Gasteiger partial charge in [-0.05, 0) is 24.1 Å². The molecule has 1 rings (SSSR count). The lowest BCUT2D eigenvalue weighted by atomic mass is 10.1. The Morgan fingerprint density at radius 3 is 2.44 bits per heavy atom. The van der Waals surface area contributed by atoms with Gasteiger partial charge in [0.25, 0.3) is 0 Å². The third-order valence-electron chi connectivity index (χ3n) is 3.50. The first-order valence-electron chi connectivity index (χ1n) is 8.48. The SMILES string of the molecule is CC(C)C(=O)NCCNCC(O)COc1ccc(CCC(=O)O)cc1. The summed E-state index contributed by atoms with van der Waals surface area (Å²) in [5.74, 6) is -0.214. The van der Waals surface area contributed by atoms with Gasteiger partial charge < -0.3 is 25.6 Å². The van der Waals surface area contributed by atoms with E-state index in [4.69, 9.17) is 9.84 Å². The molecule has 0 aliphatic rings. The first-order chi connectivity index (χ1) is 11.9. The van der Waals surface area contributed by atoms with Gasteiger partial charge in [-0.15, -0.1) is 0 Å². The van der Waals surface area contributed by atoms with E-state index in [1.165, 1.54) is 0 Å². The average molecular weight is 352 g/mol. The van der Waals surface area contributed by atoms with Gasteiger partial charge in [-0.25, -0.2) is 0 Å². The van der Waals surface area contributed by atoms with Crippen molar-refractivity contribution >= 4 is 11.9 Å². The number of benzene rings is 1. The molecule has 0 bridgehead atoms. The van der Waals surface area contributed by atoms with Crippen molar-refractivity contribution < 1.29 is 24.5 Å². The van der Waals surface area contributed by atoms with Crippen LogP contribution in [0.3, 0.4) is 0 Å². The highest BCUT2D eigenvalue weighted by Crippen LogP contribution is 2.13. The summed E-state index contributed by atoms with van der Waals surface area (Å²) >= 11 is 0. The highest BCUT2D eigenvalue weighted by atomic mass is 16.5. The number of aliphatic hydroxyl groups is 1. The number of amides is 1. The van der Waals surface area contributed by atoms with Crippen LogP contribution in [0.1, 0.15) is 25.8 Å². The second-order valence-electron chi connectivity index (χ2n) is 6.15. The van der Waals surface area contributed by atoms with E-state index in [2.05, 4.69) is 10.6 Å². The van der Waals surface area contributed by atoms with Crippen molar-refractivity contribution in [1.29, 1.82) is 0 Å². The molecular formula is C18H28N2O5. The van der Waals surface area contributed by atoms with Crippen molar-refractivity contribution in [1.82, 2.24) is 10.6 Å². The maximum atomic E-state index is 11.4. The van der Waals surface area contributed by atoms with Gasteiger partial charge in [0.2, 0.25) is 5.91 Å². The number of hydrogen-bond donors (Lipinski definition) is 4. The van der Waals surface area contributed by atoms with Gasteiger partial charge in [0.05, 0.1) is 0 Å². The molecule has 1 atom stereocenters. The number of carbonyl (C=O) groups excluding carboxylic acids is 1. The summed E-state index contributed by atoms with van der Waals surface area (Å²) < 4.78 is 5.50. The largest absolute Gasteiger partial charge is 0.491 e. The molecule has 1 unspecified atom stereocenters. The van der Waals surface area contributed by atoms with Crippen molar-refractivity contribution in [3.05, 3.63) is 29.8 Å². The first-order valence-corrected chi connectivity index (χ1v) is 8.48. The van der Waals surface area contributed by atoms with Crippen molar-refractivity contribution in [2.24, 2.45) is 5.92 Å². The van der Waals surface area contributed by atoms with E-state index in [-0.39, 0.29) is 24.9 Å². The van der Waals surface area contributed by atoms with E-state index in [0.29, 0.717) is 31.8 Å². The number of carboxylic acid groups (broad SMARTS) is 1. The standard InChI is InChI=1S/C18H28N2O5/c1-13(2)18(24)20-10-9-19-11-15(21)12-25-16-6-3-14(4-7-16)5-8-17(22)23/h3-4,6-7,13,15,19,21H,5,8-12H2,1-2H3,(H,20,24)(H,22,23). The van der Waals surface area contributed by atoms with Crippen molar-refractivity contribution in [3.63, 3.8) is 0 Å². The van der Waals surface area contributed by atoms with Gasteiger partial charge in [0.1, 0.15) is 18.5 Å². The van der Waals surface area contributed by atoms with Gasteiger partial charge in [-0.1, -0.05) is 26.0 Å². The lowest BCUT2D eigenvalue weighted by molar-refractivity contribution is -0.137. The molecule has 0 spiro atoms. The quantitative estimate of drug-likeness (QED) is 0.415. The van der Waals surface area contributed by atoms with Crippen LogP contribution in [0.15, 0.2) is 24.3 Å². The van der Waals surface area contributed by atoms with Crippen LogP contribution in [0.2, 0.25) is 0 Å². The van der Waals surface area contributed by atoms with Crippen LogP contribution < -0.4 is 15.4 Å². The Kier molecular flexibility index (Phi) is 9.57. The maximum absolute atomic E-state index is 11.4. The van der Waals surface area contributed by atoms with Crippen LogP contribution in [0.5, 0.6) is 5.75 Å². The van der Waals surface area contributed by atoms with E-state index in [0.717, 1.165) is 5.56 Å². The number of aliphatic hydroxyl groups excluding tert-OH is 1. The van der Waals surface area contributed by atoms with Crippen molar-refractivity contribution in [2.75, 3.05) is 26.2 Å². The molecule has 0 saturated carbocycles. The zero-order valence-corrected chi connectivity index (χ0v) is 14.8. The normalized spacial score (nSPS) is 12.0. The summed E-state index contributed by atoms with van der Waals surface area (Å²) in [6.07, 6.45) is -0.0787. The number of rotatable bonds is 12. The topological polar surface area (TPSA) is 108 Å². The Labute approximate surface area is 148 Å². The molecule has 140 valence electrons. The van der Waals surface area contributed by atoms with Gasteiger partial charge >= 0.3 is 5.97 Å². The van der Waals surface area contributed by atoms with Gasteiger partial charge in [0, 0.05) is 32.0 Å². The van der Waals surface area contributed by atoms with Crippen LogP contribution in [-0.4, -0.2) is 54.4 Å². The summed E-state index contributed by atoms with van der Waals surface area (Å²) in [5, 5.41) is 24.4. The number of carbonyl (C=O) groups is 2. The van der Waals surface area contributed by atoms with Crippen LogP contribution in [0.4, 0.5) is 0 Å². The fourth-order valence-electron chi connectivity index (χ4n) is 2.00. The second-order valence-corrected chi connectivity index (χ2v) is 6.15. The van der Waals surface area contributed by atoms with E-state index in [9.17, 15) is 14.7 Å². The molecule has 0 aliphatic carbocycles. The van der Waals surface area contributed by atoms with E-state index in [1.807, 2.05) is 26.0 Å².